The maximum Gasteiger partial charge on any atom is 0.233 e. The highest BCUT2D eigenvalue weighted by Crippen LogP contribution is 2.27. The number of nitrogens with zero attached hydrogens (tertiary/aromatic N) is 4. The van der Waals surface area contributed by atoms with Crippen LogP contribution in [-0.2, 0) is 4.79 Å². The molecule has 0 aliphatic carbocycles. The standard InChI is InChI=1S/C17H19N5O2S/c1-10-3-4-13-14(7-10)20-17(19-13)25-9-15(23)22-6-5-12(8-22)16-18-11(2)21-24-16/h3-4,7,12H,5-6,8-9H2,1-2H3,(H,19,20). The first-order valence-corrected chi connectivity index (χ1v) is 9.24. The maximum absolute atomic E-state index is 12.5. The zero-order valence-corrected chi connectivity index (χ0v) is 15.0. The summed E-state index contributed by atoms with van der Waals surface area (Å²) in [7, 11) is 0. The predicted octanol–water partition coefficient (Wildman–Crippen LogP) is 2.67. The Labute approximate surface area is 149 Å². The lowest BCUT2D eigenvalue weighted by molar-refractivity contribution is -0.127. The number of thioether (sulfide) groups is 1. The number of amides is 1. The molecule has 25 heavy (non-hydrogen) atoms. The molecular weight excluding hydrogens is 338 g/mol. The number of benzene rings is 1. The van der Waals surface area contributed by atoms with Crippen molar-refractivity contribution in [3.8, 4) is 0 Å². The monoisotopic (exact) mass is 357 g/mol. The van der Waals surface area contributed by atoms with Crippen LogP contribution in [-0.4, -0.2) is 49.8 Å². The molecule has 1 atom stereocenters. The summed E-state index contributed by atoms with van der Waals surface area (Å²) in [6.45, 7) is 5.22. The maximum atomic E-state index is 12.5. The van der Waals surface area contributed by atoms with Crippen LogP contribution in [0.2, 0.25) is 0 Å². The second kappa shape index (κ2) is 6.51. The van der Waals surface area contributed by atoms with E-state index in [1.807, 2.05) is 24.0 Å². The molecule has 7 nitrogen and oxygen atoms in total. The van der Waals surface area contributed by atoms with Crippen LogP contribution in [0.25, 0.3) is 11.0 Å². The largest absolute Gasteiger partial charge is 0.341 e. The van der Waals surface area contributed by atoms with E-state index in [1.54, 1.807) is 6.92 Å². The molecule has 1 unspecified atom stereocenters. The summed E-state index contributed by atoms with van der Waals surface area (Å²) in [5, 5.41) is 4.60. The number of fused-ring (bicyclic) bond motifs is 1. The van der Waals surface area contributed by atoms with Crippen LogP contribution in [0.4, 0.5) is 0 Å². The van der Waals surface area contributed by atoms with Crippen molar-refractivity contribution in [1.29, 1.82) is 0 Å². The van der Waals surface area contributed by atoms with Crippen LogP contribution < -0.4 is 0 Å². The van der Waals surface area contributed by atoms with Crippen molar-refractivity contribution < 1.29 is 9.32 Å². The molecular formula is C17H19N5O2S. The molecule has 1 aliphatic heterocycles. The fourth-order valence-corrected chi connectivity index (χ4v) is 3.84. The molecule has 0 saturated carbocycles. The first-order valence-electron chi connectivity index (χ1n) is 8.25. The van der Waals surface area contributed by atoms with E-state index >= 15 is 0 Å². The molecule has 1 aromatic carbocycles. The van der Waals surface area contributed by atoms with Gasteiger partial charge < -0.3 is 14.4 Å². The number of likely N-dealkylation sites (tertiary alicyclic amines) is 1. The highest BCUT2D eigenvalue weighted by atomic mass is 32.2. The second-order valence-electron chi connectivity index (χ2n) is 6.36. The Hall–Kier alpha value is -2.35. The van der Waals surface area contributed by atoms with Crippen LogP contribution >= 0.6 is 11.8 Å². The van der Waals surface area contributed by atoms with E-state index < -0.39 is 0 Å². The molecule has 2 aromatic heterocycles. The van der Waals surface area contributed by atoms with Gasteiger partial charge in [-0.2, -0.15) is 4.98 Å². The summed E-state index contributed by atoms with van der Waals surface area (Å²) in [5.74, 6) is 1.89. The number of aromatic amines is 1. The number of imidazole rings is 1. The topological polar surface area (TPSA) is 87.9 Å². The fraction of sp³-hybridized carbons (Fsp3) is 0.412. The smallest absolute Gasteiger partial charge is 0.233 e. The van der Waals surface area contributed by atoms with Crippen molar-refractivity contribution in [2.75, 3.05) is 18.8 Å². The summed E-state index contributed by atoms with van der Waals surface area (Å²) in [6.07, 6.45) is 0.863. The first-order chi connectivity index (χ1) is 12.1. The van der Waals surface area contributed by atoms with Crippen LogP contribution in [0.15, 0.2) is 27.9 Å². The Balaban J connectivity index is 1.35. The van der Waals surface area contributed by atoms with E-state index in [9.17, 15) is 4.79 Å². The molecule has 0 radical (unpaired) electrons. The zero-order chi connectivity index (χ0) is 17.4. The minimum Gasteiger partial charge on any atom is -0.341 e. The molecule has 0 bridgehead atoms. The van der Waals surface area contributed by atoms with E-state index in [0.29, 0.717) is 24.0 Å². The summed E-state index contributed by atoms with van der Waals surface area (Å²) in [6, 6.07) is 6.09. The van der Waals surface area contributed by atoms with E-state index in [-0.39, 0.29) is 11.8 Å². The molecule has 1 amide bonds. The molecule has 4 rings (SSSR count). The number of aromatic nitrogens is 4. The normalized spacial score (nSPS) is 17.5. The number of rotatable bonds is 4. The van der Waals surface area contributed by atoms with Crippen molar-refractivity contribution in [2.24, 2.45) is 0 Å². The average Bonchev–Trinajstić information content (AvgIpc) is 3.30. The lowest BCUT2D eigenvalue weighted by Crippen LogP contribution is -2.30. The highest BCUT2D eigenvalue weighted by Gasteiger charge is 2.30. The van der Waals surface area contributed by atoms with Crippen molar-refractivity contribution in [3.05, 3.63) is 35.5 Å². The Kier molecular flexibility index (Phi) is 4.20. The van der Waals surface area contributed by atoms with E-state index in [2.05, 4.69) is 26.2 Å². The number of carbonyl (C=O) groups is 1. The lowest BCUT2D eigenvalue weighted by Gasteiger charge is -2.14. The van der Waals surface area contributed by atoms with Crippen molar-refractivity contribution in [1.82, 2.24) is 25.0 Å². The second-order valence-corrected chi connectivity index (χ2v) is 7.32. The lowest BCUT2D eigenvalue weighted by atomic mass is 10.1. The van der Waals surface area contributed by atoms with Crippen LogP contribution in [0.1, 0.15) is 29.6 Å². The first kappa shape index (κ1) is 16.1. The fourth-order valence-electron chi connectivity index (χ4n) is 3.06. The van der Waals surface area contributed by atoms with Crippen molar-refractivity contribution in [2.45, 2.75) is 31.3 Å². The van der Waals surface area contributed by atoms with Gasteiger partial charge in [0, 0.05) is 13.1 Å². The van der Waals surface area contributed by atoms with Crippen LogP contribution in [0.5, 0.6) is 0 Å². The third kappa shape index (κ3) is 3.39. The summed E-state index contributed by atoms with van der Waals surface area (Å²) in [5.41, 5.74) is 3.11. The third-order valence-corrected chi connectivity index (χ3v) is 5.24. The zero-order valence-electron chi connectivity index (χ0n) is 14.2. The van der Waals surface area contributed by atoms with Gasteiger partial charge in [-0.25, -0.2) is 4.98 Å². The molecule has 1 saturated heterocycles. The van der Waals surface area contributed by atoms with E-state index in [1.165, 1.54) is 17.3 Å². The van der Waals surface area contributed by atoms with Crippen LogP contribution in [0, 0.1) is 13.8 Å². The summed E-state index contributed by atoms with van der Waals surface area (Å²) < 4.78 is 5.23. The molecule has 1 aliphatic rings. The Morgan fingerprint density at radius 2 is 2.28 bits per heavy atom. The Morgan fingerprint density at radius 1 is 1.40 bits per heavy atom. The molecule has 8 heteroatoms. The average molecular weight is 357 g/mol. The van der Waals surface area contributed by atoms with Gasteiger partial charge in [-0.3, -0.25) is 4.79 Å². The van der Waals surface area contributed by atoms with Gasteiger partial charge in [-0.15, -0.1) is 0 Å². The summed E-state index contributed by atoms with van der Waals surface area (Å²) >= 11 is 1.44. The summed E-state index contributed by atoms with van der Waals surface area (Å²) in [4.78, 5) is 26.4. The minimum absolute atomic E-state index is 0.111. The minimum atomic E-state index is 0.111. The van der Waals surface area contributed by atoms with E-state index in [0.717, 1.165) is 29.2 Å². The number of aryl methyl sites for hydroxylation is 2. The van der Waals surface area contributed by atoms with Gasteiger partial charge in [0.05, 0.1) is 22.7 Å². The number of hydrogen-bond donors (Lipinski definition) is 1. The predicted molar refractivity (Wildman–Crippen MR) is 94.5 cm³/mol. The number of nitrogens with one attached hydrogen (secondary N) is 1. The van der Waals surface area contributed by atoms with Gasteiger partial charge in [0.1, 0.15) is 0 Å². The highest BCUT2D eigenvalue weighted by molar-refractivity contribution is 7.99. The molecule has 1 fully saturated rings. The van der Waals surface area contributed by atoms with Gasteiger partial charge >= 0.3 is 0 Å². The van der Waals surface area contributed by atoms with Gasteiger partial charge in [0.2, 0.25) is 11.8 Å². The van der Waals surface area contributed by atoms with Gasteiger partial charge in [-0.05, 0) is 38.0 Å². The SMILES string of the molecule is Cc1ccc2nc(SCC(=O)N3CCC(c4nc(C)no4)C3)[nH]c2c1. The molecule has 1 N–H and O–H groups in total. The van der Waals surface area contributed by atoms with E-state index in [4.69, 9.17) is 4.52 Å². The Morgan fingerprint density at radius 3 is 3.08 bits per heavy atom. The number of carbonyl (C=O) groups excluding carboxylic acids is 1. The van der Waals surface area contributed by atoms with Crippen molar-refractivity contribution >= 4 is 28.7 Å². The van der Waals surface area contributed by atoms with Crippen LogP contribution in [0.3, 0.4) is 0 Å². The molecule has 130 valence electrons. The third-order valence-electron chi connectivity index (χ3n) is 4.38. The quantitative estimate of drug-likeness (QED) is 0.722. The molecule has 3 aromatic rings. The molecule has 3 heterocycles. The Bertz CT molecular complexity index is 919. The number of hydrogen-bond acceptors (Lipinski definition) is 6. The molecule has 0 spiro atoms. The van der Waals surface area contributed by atoms with Gasteiger partial charge in [-0.1, -0.05) is 23.0 Å². The van der Waals surface area contributed by atoms with Gasteiger partial charge in [0.25, 0.3) is 0 Å². The number of H-pyrrole nitrogens is 1. The van der Waals surface area contributed by atoms with Gasteiger partial charge in [0.15, 0.2) is 11.0 Å². The van der Waals surface area contributed by atoms with Crippen molar-refractivity contribution in [3.63, 3.8) is 0 Å².